The van der Waals surface area contributed by atoms with Crippen molar-refractivity contribution < 1.29 is 0 Å². The predicted octanol–water partition coefficient (Wildman–Crippen LogP) is 5.36. The maximum absolute atomic E-state index is 4.62. The average molecular weight is 478 g/mol. The summed E-state index contributed by atoms with van der Waals surface area (Å²) >= 11 is 9.33. The van der Waals surface area contributed by atoms with Crippen molar-refractivity contribution in [3.05, 3.63) is 48.9 Å². The number of halogens is 3. The van der Waals surface area contributed by atoms with E-state index in [0.717, 1.165) is 31.4 Å². The van der Waals surface area contributed by atoms with E-state index in [1.165, 1.54) is 3.57 Å². The van der Waals surface area contributed by atoms with Gasteiger partial charge in [0, 0.05) is 18.1 Å². The van der Waals surface area contributed by atoms with Crippen LogP contribution < -0.4 is 0 Å². The van der Waals surface area contributed by atoms with E-state index >= 15 is 0 Å². The van der Waals surface area contributed by atoms with Crippen molar-refractivity contribution in [2.75, 3.05) is 0 Å². The number of hydrogen-bond donors (Lipinski definition) is 1. The van der Waals surface area contributed by atoms with Crippen LogP contribution in [0.3, 0.4) is 0 Å². The molecule has 0 unspecified atom stereocenters. The number of hydrogen-bond acceptors (Lipinski definition) is 1. The third-order valence-corrected chi connectivity index (χ3v) is 4.48. The Morgan fingerprint density at radius 2 is 1.89 bits per heavy atom. The van der Waals surface area contributed by atoms with Gasteiger partial charge in [-0.25, -0.2) is 4.98 Å². The largest absolute Gasteiger partial charge is 0.338 e. The molecule has 90 valence electrons. The first kappa shape index (κ1) is 12.6. The summed E-state index contributed by atoms with van der Waals surface area (Å²) in [5.74, 6) is 0.883. The molecule has 0 radical (unpaired) electrons. The fraction of sp³-hybridized carbons (Fsp3) is 0. The first-order chi connectivity index (χ1) is 8.63. The maximum atomic E-state index is 4.62. The summed E-state index contributed by atoms with van der Waals surface area (Å²) in [5, 5.41) is 0. The van der Waals surface area contributed by atoms with Gasteiger partial charge in [-0.2, -0.15) is 0 Å². The Morgan fingerprint density at radius 1 is 1.06 bits per heavy atom. The Labute approximate surface area is 135 Å². The second-order valence-electron chi connectivity index (χ2n) is 3.87. The van der Waals surface area contributed by atoms with E-state index in [0.29, 0.717) is 0 Å². The highest BCUT2D eigenvalue weighted by atomic mass is 127. The molecule has 0 amide bonds. The van der Waals surface area contributed by atoms with Gasteiger partial charge in [-0.3, -0.25) is 0 Å². The minimum absolute atomic E-state index is 0.883. The van der Waals surface area contributed by atoms with E-state index in [4.69, 9.17) is 0 Å². The Hall–Kier alpha value is -0.400. The fourth-order valence-corrected chi connectivity index (χ4v) is 3.08. The summed E-state index contributed by atoms with van der Waals surface area (Å²) in [6.07, 6.45) is 0. The molecule has 0 saturated carbocycles. The summed E-state index contributed by atoms with van der Waals surface area (Å²) < 4.78 is 3.28. The van der Waals surface area contributed by atoms with Crippen LogP contribution in [0, 0.1) is 3.57 Å². The summed E-state index contributed by atoms with van der Waals surface area (Å²) in [6.45, 7) is 0. The predicted molar refractivity (Wildman–Crippen MR) is 89.6 cm³/mol. The monoisotopic (exact) mass is 476 g/mol. The number of nitrogens with one attached hydrogen (secondary N) is 1. The van der Waals surface area contributed by atoms with Crippen molar-refractivity contribution in [3.8, 4) is 11.4 Å². The van der Waals surface area contributed by atoms with E-state index in [-0.39, 0.29) is 0 Å². The number of aromatic amines is 1. The lowest BCUT2D eigenvalue weighted by Crippen LogP contribution is -1.83. The van der Waals surface area contributed by atoms with Crippen LogP contribution in [0.4, 0.5) is 0 Å². The normalized spacial score (nSPS) is 11.1. The van der Waals surface area contributed by atoms with Crippen LogP contribution in [0.15, 0.2) is 45.3 Å². The molecular weight excluding hydrogens is 471 g/mol. The van der Waals surface area contributed by atoms with Crippen LogP contribution in [0.1, 0.15) is 0 Å². The standard InChI is InChI=1S/C13H7Br2IN2/c14-7-1-4-11-12(5-7)18-13(17-11)9-6-8(16)2-3-10(9)15/h1-6H,(H,17,18). The lowest BCUT2D eigenvalue weighted by Gasteiger charge is -2.01. The number of nitrogens with zero attached hydrogens (tertiary/aromatic N) is 1. The molecule has 0 aliphatic heterocycles. The zero-order chi connectivity index (χ0) is 12.7. The molecule has 0 atom stereocenters. The Balaban J connectivity index is 2.22. The lowest BCUT2D eigenvalue weighted by atomic mass is 10.2. The van der Waals surface area contributed by atoms with E-state index in [1.54, 1.807) is 0 Å². The van der Waals surface area contributed by atoms with Gasteiger partial charge in [0.25, 0.3) is 0 Å². The lowest BCUT2D eigenvalue weighted by molar-refractivity contribution is 1.32. The molecule has 3 rings (SSSR count). The first-order valence-electron chi connectivity index (χ1n) is 5.24. The second kappa shape index (κ2) is 4.94. The van der Waals surface area contributed by atoms with Crippen molar-refractivity contribution in [2.45, 2.75) is 0 Å². The summed E-state index contributed by atoms with van der Waals surface area (Å²) in [6, 6.07) is 12.2. The zero-order valence-corrected chi connectivity index (χ0v) is 14.4. The molecule has 0 aliphatic carbocycles. The number of rotatable bonds is 1. The van der Waals surface area contributed by atoms with Gasteiger partial charge in [-0.05, 0) is 59.0 Å². The van der Waals surface area contributed by atoms with E-state index in [1.807, 2.05) is 24.3 Å². The molecule has 18 heavy (non-hydrogen) atoms. The topological polar surface area (TPSA) is 28.7 Å². The molecule has 1 heterocycles. The number of imidazole rings is 1. The molecule has 2 aromatic carbocycles. The van der Waals surface area contributed by atoms with Gasteiger partial charge in [-0.15, -0.1) is 0 Å². The SMILES string of the molecule is Brc1ccc2nc(-c3cc(I)ccc3Br)[nH]c2c1. The summed E-state index contributed by atoms with van der Waals surface area (Å²) in [5.41, 5.74) is 3.08. The molecule has 5 heteroatoms. The fourth-order valence-electron chi connectivity index (χ4n) is 1.79. The number of H-pyrrole nitrogens is 1. The third kappa shape index (κ3) is 2.35. The highest BCUT2D eigenvalue weighted by Gasteiger charge is 2.09. The van der Waals surface area contributed by atoms with Gasteiger partial charge in [-0.1, -0.05) is 31.9 Å². The average Bonchev–Trinajstić information content (AvgIpc) is 2.74. The number of benzene rings is 2. The molecule has 0 spiro atoms. The number of fused-ring (bicyclic) bond motifs is 1. The number of aromatic nitrogens is 2. The Bertz CT molecular complexity index is 737. The molecule has 0 fully saturated rings. The summed E-state index contributed by atoms with van der Waals surface area (Å²) in [4.78, 5) is 7.96. The van der Waals surface area contributed by atoms with Crippen molar-refractivity contribution in [3.63, 3.8) is 0 Å². The molecule has 1 aromatic heterocycles. The van der Waals surface area contributed by atoms with Gasteiger partial charge in [0.15, 0.2) is 0 Å². The minimum atomic E-state index is 0.883. The molecule has 0 bridgehead atoms. The highest BCUT2D eigenvalue weighted by Crippen LogP contribution is 2.30. The smallest absolute Gasteiger partial charge is 0.139 e. The van der Waals surface area contributed by atoms with Crippen molar-refractivity contribution in [1.29, 1.82) is 0 Å². The Morgan fingerprint density at radius 3 is 2.72 bits per heavy atom. The van der Waals surface area contributed by atoms with Crippen LogP contribution >= 0.6 is 54.5 Å². The van der Waals surface area contributed by atoms with Crippen LogP contribution in [-0.2, 0) is 0 Å². The molecule has 0 aliphatic rings. The highest BCUT2D eigenvalue weighted by molar-refractivity contribution is 14.1. The molecule has 0 saturated heterocycles. The van der Waals surface area contributed by atoms with Crippen LogP contribution in [0.25, 0.3) is 22.4 Å². The van der Waals surface area contributed by atoms with Crippen LogP contribution in [0.5, 0.6) is 0 Å². The minimum Gasteiger partial charge on any atom is -0.338 e. The molecule has 2 nitrogen and oxygen atoms in total. The quantitative estimate of drug-likeness (QED) is 0.470. The zero-order valence-electron chi connectivity index (χ0n) is 9.05. The van der Waals surface area contributed by atoms with Crippen molar-refractivity contribution in [2.24, 2.45) is 0 Å². The molecule has 3 aromatic rings. The first-order valence-corrected chi connectivity index (χ1v) is 7.90. The van der Waals surface area contributed by atoms with Gasteiger partial charge >= 0.3 is 0 Å². The van der Waals surface area contributed by atoms with Crippen molar-refractivity contribution in [1.82, 2.24) is 9.97 Å². The molecular formula is C13H7Br2IN2. The second-order valence-corrected chi connectivity index (χ2v) is 6.89. The van der Waals surface area contributed by atoms with Gasteiger partial charge in [0.2, 0.25) is 0 Å². The maximum Gasteiger partial charge on any atom is 0.139 e. The van der Waals surface area contributed by atoms with Crippen LogP contribution in [-0.4, -0.2) is 9.97 Å². The van der Waals surface area contributed by atoms with E-state index in [9.17, 15) is 0 Å². The Kier molecular flexibility index (Phi) is 3.46. The van der Waals surface area contributed by atoms with Gasteiger partial charge in [0.05, 0.1) is 11.0 Å². The van der Waals surface area contributed by atoms with Crippen molar-refractivity contribution >= 4 is 65.5 Å². The molecule has 1 N–H and O–H groups in total. The van der Waals surface area contributed by atoms with E-state index < -0.39 is 0 Å². The summed E-state index contributed by atoms with van der Waals surface area (Å²) in [7, 11) is 0. The van der Waals surface area contributed by atoms with Crippen LogP contribution in [0.2, 0.25) is 0 Å². The van der Waals surface area contributed by atoms with E-state index in [2.05, 4.69) is 76.6 Å². The third-order valence-electron chi connectivity index (χ3n) is 2.63. The van der Waals surface area contributed by atoms with Gasteiger partial charge < -0.3 is 4.98 Å². The van der Waals surface area contributed by atoms with Gasteiger partial charge in [0.1, 0.15) is 5.82 Å².